The van der Waals surface area contributed by atoms with Gasteiger partial charge in [0.2, 0.25) is 10.0 Å². The maximum absolute atomic E-state index is 12.5. The molecule has 2 N–H and O–H groups in total. The van der Waals surface area contributed by atoms with E-state index in [1.165, 1.54) is 30.6 Å². The molecule has 1 aromatic rings. The number of nitrogens with one attached hydrogen (secondary N) is 2. The molecule has 1 saturated carbocycles. The first-order chi connectivity index (χ1) is 9.54. The van der Waals surface area contributed by atoms with Crippen LogP contribution in [0.5, 0.6) is 0 Å². The third kappa shape index (κ3) is 3.81. The highest BCUT2D eigenvalue weighted by molar-refractivity contribution is 7.89. The summed E-state index contributed by atoms with van der Waals surface area (Å²) >= 11 is 1.48. The molecule has 114 valence electrons. The van der Waals surface area contributed by atoms with Gasteiger partial charge in [-0.25, -0.2) is 13.1 Å². The molecule has 1 aliphatic rings. The summed E-state index contributed by atoms with van der Waals surface area (Å²) in [5, 5.41) is 4.86. The molecule has 2 rings (SSSR count). The molecule has 0 spiro atoms. The summed E-state index contributed by atoms with van der Waals surface area (Å²) in [4.78, 5) is 1.30. The van der Waals surface area contributed by atoms with Crippen LogP contribution in [0.1, 0.15) is 43.9 Å². The van der Waals surface area contributed by atoms with E-state index in [1.54, 1.807) is 6.07 Å². The largest absolute Gasteiger partial charge is 0.315 e. The maximum Gasteiger partial charge on any atom is 0.241 e. The fraction of sp³-hybridized carbons (Fsp3) is 0.714. The molecule has 1 heterocycles. The highest BCUT2D eigenvalue weighted by atomic mass is 32.2. The average molecular weight is 316 g/mol. The Bertz CT molecular complexity index is 519. The first-order valence-corrected chi connectivity index (χ1v) is 9.64. The molecular formula is C14H24N2O2S2. The van der Waals surface area contributed by atoms with E-state index in [-0.39, 0.29) is 6.04 Å². The van der Waals surface area contributed by atoms with E-state index in [4.69, 9.17) is 0 Å². The second kappa shape index (κ2) is 7.02. The van der Waals surface area contributed by atoms with Crippen molar-refractivity contribution in [1.29, 1.82) is 0 Å². The predicted octanol–water partition coefficient (Wildman–Crippen LogP) is 2.71. The quantitative estimate of drug-likeness (QED) is 0.848. The molecule has 0 aromatic carbocycles. The molecule has 0 saturated heterocycles. The Kier molecular flexibility index (Phi) is 5.60. The summed E-state index contributed by atoms with van der Waals surface area (Å²) in [7, 11) is -1.57. The zero-order valence-electron chi connectivity index (χ0n) is 12.2. The van der Waals surface area contributed by atoms with Gasteiger partial charge in [-0.3, -0.25) is 0 Å². The zero-order valence-corrected chi connectivity index (χ0v) is 13.8. The molecule has 0 amide bonds. The van der Waals surface area contributed by atoms with Crippen LogP contribution in [0.2, 0.25) is 0 Å². The van der Waals surface area contributed by atoms with Crippen LogP contribution in [0.4, 0.5) is 0 Å². The molecule has 1 fully saturated rings. The van der Waals surface area contributed by atoms with Gasteiger partial charge in [-0.2, -0.15) is 0 Å². The molecule has 20 heavy (non-hydrogen) atoms. The monoisotopic (exact) mass is 316 g/mol. The summed E-state index contributed by atoms with van der Waals surface area (Å²) in [5.41, 5.74) is 0. The minimum absolute atomic E-state index is 0.0163. The molecule has 4 nitrogen and oxygen atoms in total. The SMILES string of the molecule is CNCc1sccc1S(=O)(=O)NC(C)C1CCCCC1. The van der Waals surface area contributed by atoms with Crippen molar-refractivity contribution in [3.8, 4) is 0 Å². The standard InChI is InChI=1S/C14H24N2O2S2/c1-11(12-6-4-3-5-7-12)16-20(17,18)14-8-9-19-13(14)10-15-2/h8-9,11-12,15-16H,3-7,10H2,1-2H3. The molecule has 6 heteroatoms. The summed E-state index contributed by atoms with van der Waals surface area (Å²) in [6.45, 7) is 2.59. The van der Waals surface area contributed by atoms with Gasteiger partial charge < -0.3 is 5.32 Å². The molecule has 0 bridgehead atoms. The Balaban J connectivity index is 2.07. The lowest BCUT2D eigenvalue weighted by Gasteiger charge is -2.28. The third-order valence-corrected chi connectivity index (χ3v) is 6.72. The highest BCUT2D eigenvalue weighted by Gasteiger charge is 2.26. The Hall–Kier alpha value is -0.430. The molecule has 0 aliphatic heterocycles. The van der Waals surface area contributed by atoms with Gasteiger partial charge in [-0.1, -0.05) is 19.3 Å². The van der Waals surface area contributed by atoms with Crippen LogP contribution in [0, 0.1) is 5.92 Å². The summed E-state index contributed by atoms with van der Waals surface area (Å²) in [6, 6.07) is 1.72. The van der Waals surface area contributed by atoms with E-state index in [1.807, 2.05) is 19.4 Å². The van der Waals surface area contributed by atoms with E-state index in [0.717, 1.165) is 17.7 Å². The second-order valence-electron chi connectivity index (χ2n) is 5.55. The smallest absolute Gasteiger partial charge is 0.241 e. The van der Waals surface area contributed by atoms with Gasteiger partial charge in [-0.15, -0.1) is 11.3 Å². The Morgan fingerprint density at radius 2 is 2.05 bits per heavy atom. The molecule has 1 unspecified atom stereocenters. The van der Waals surface area contributed by atoms with Gasteiger partial charge in [-0.05, 0) is 44.2 Å². The van der Waals surface area contributed by atoms with Gasteiger partial charge in [0.05, 0.1) is 4.90 Å². The van der Waals surface area contributed by atoms with E-state index < -0.39 is 10.0 Å². The Labute approximate surface area is 126 Å². The summed E-state index contributed by atoms with van der Waals surface area (Å²) in [5.74, 6) is 0.477. The van der Waals surface area contributed by atoms with E-state index in [9.17, 15) is 8.42 Å². The van der Waals surface area contributed by atoms with Crippen LogP contribution in [0.25, 0.3) is 0 Å². The van der Waals surface area contributed by atoms with Gasteiger partial charge in [0.25, 0.3) is 0 Å². The van der Waals surface area contributed by atoms with Crippen molar-refractivity contribution in [3.05, 3.63) is 16.3 Å². The average Bonchev–Trinajstić information content (AvgIpc) is 2.89. The third-order valence-electron chi connectivity index (χ3n) is 4.03. The Morgan fingerprint density at radius 3 is 2.70 bits per heavy atom. The van der Waals surface area contributed by atoms with E-state index >= 15 is 0 Å². The minimum atomic E-state index is -3.40. The van der Waals surface area contributed by atoms with Crippen LogP contribution in [-0.2, 0) is 16.6 Å². The number of hydrogen-bond donors (Lipinski definition) is 2. The van der Waals surface area contributed by atoms with Crippen LogP contribution in [0.3, 0.4) is 0 Å². The van der Waals surface area contributed by atoms with Crippen LogP contribution < -0.4 is 10.0 Å². The van der Waals surface area contributed by atoms with Gasteiger partial charge in [0.15, 0.2) is 0 Å². The van der Waals surface area contributed by atoms with Crippen LogP contribution in [-0.4, -0.2) is 21.5 Å². The van der Waals surface area contributed by atoms with Crippen molar-refractivity contribution >= 4 is 21.4 Å². The van der Waals surface area contributed by atoms with Crippen molar-refractivity contribution in [2.45, 2.75) is 56.5 Å². The fourth-order valence-electron chi connectivity index (χ4n) is 2.90. The summed E-state index contributed by atoms with van der Waals surface area (Å²) in [6.07, 6.45) is 6.00. The molecule has 1 aromatic heterocycles. The number of hydrogen-bond acceptors (Lipinski definition) is 4. The van der Waals surface area contributed by atoms with Crippen molar-refractivity contribution in [2.75, 3.05) is 7.05 Å². The maximum atomic E-state index is 12.5. The van der Waals surface area contributed by atoms with Gasteiger partial charge in [0, 0.05) is 17.5 Å². The number of rotatable bonds is 6. The number of thiophene rings is 1. The van der Waals surface area contributed by atoms with Gasteiger partial charge in [0.1, 0.15) is 0 Å². The lowest BCUT2D eigenvalue weighted by Crippen LogP contribution is -2.39. The minimum Gasteiger partial charge on any atom is -0.315 e. The molecule has 1 atom stereocenters. The van der Waals surface area contributed by atoms with Crippen molar-refractivity contribution in [3.63, 3.8) is 0 Å². The van der Waals surface area contributed by atoms with Crippen molar-refractivity contribution < 1.29 is 8.42 Å². The highest BCUT2D eigenvalue weighted by Crippen LogP contribution is 2.28. The lowest BCUT2D eigenvalue weighted by atomic mass is 9.85. The molecular weight excluding hydrogens is 292 g/mol. The van der Waals surface area contributed by atoms with Crippen molar-refractivity contribution in [2.24, 2.45) is 5.92 Å². The number of sulfonamides is 1. The first-order valence-electron chi connectivity index (χ1n) is 7.28. The van der Waals surface area contributed by atoms with Crippen LogP contribution in [0.15, 0.2) is 16.3 Å². The van der Waals surface area contributed by atoms with E-state index in [0.29, 0.717) is 17.4 Å². The van der Waals surface area contributed by atoms with E-state index in [2.05, 4.69) is 10.0 Å². The fourth-order valence-corrected chi connectivity index (χ4v) is 5.66. The lowest BCUT2D eigenvalue weighted by molar-refractivity contribution is 0.303. The van der Waals surface area contributed by atoms with Crippen molar-refractivity contribution in [1.82, 2.24) is 10.0 Å². The molecule has 1 aliphatic carbocycles. The predicted molar refractivity (Wildman–Crippen MR) is 83.4 cm³/mol. The Morgan fingerprint density at radius 1 is 1.35 bits per heavy atom. The zero-order chi connectivity index (χ0) is 14.6. The topological polar surface area (TPSA) is 58.2 Å². The first kappa shape index (κ1) is 15.9. The van der Waals surface area contributed by atoms with Crippen LogP contribution >= 0.6 is 11.3 Å². The molecule has 0 radical (unpaired) electrons. The normalized spacial score (nSPS) is 19.1. The second-order valence-corrected chi connectivity index (χ2v) is 8.23. The van der Waals surface area contributed by atoms with Gasteiger partial charge >= 0.3 is 0 Å². The summed E-state index contributed by atoms with van der Waals surface area (Å²) < 4.78 is 27.9.